The van der Waals surface area contributed by atoms with Crippen molar-refractivity contribution in [1.29, 1.82) is 0 Å². The van der Waals surface area contributed by atoms with Crippen LogP contribution in [0.25, 0.3) is 0 Å². The van der Waals surface area contributed by atoms with Gasteiger partial charge < -0.3 is 20.1 Å². The number of ether oxygens (including phenoxy) is 1. The highest BCUT2D eigenvalue weighted by atomic mass is 32.1. The largest absolute Gasteiger partial charge is 0.480 e. The maximum absolute atomic E-state index is 11.3. The molecule has 0 saturated heterocycles. The molecule has 0 fully saturated rings. The summed E-state index contributed by atoms with van der Waals surface area (Å²) in [5, 5.41) is 11.2. The van der Waals surface area contributed by atoms with Gasteiger partial charge in [0.05, 0.1) is 0 Å². The van der Waals surface area contributed by atoms with Crippen LogP contribution in [0.5, 0.6) is 0 Å². The third-order valence-electron chi connectivity index (χ3n) is 2.16. The second-order valence-electron chi connectivity index (χ2n) is 3.74. The van der Waals surface area contributed by atoms with Crippen molar-refractivity contribution in [3.05, 3.63) is 39.5 Å². The molecule has 108 valence electrons. The highest BCUT2D eigenvalue weighted by Gasteiger charge is 2.21. The minimum absolute atomic E-state index is 0.0361. The van der Waals surface area contributed by atoms with Crippen LogP contribution in [0.15, 0.2) is 23.5 Å². The van der Waals surface area contributed by atoms with Crippen molar-refractivity contribution in [2.75, 3.05) is 6.61 Å². The predicted molar refractivity (Wildman–Crippen MR) is 72.1 cm³/mol. The molecule has 0 aliphatic rings. The molecule has 0 radical (unpaired) electrons. The first-order valence-electron chi connectivity index (χ1n) is 5.52. The van der Waals surface area contributed by atoms with Gasteiger partial charge in [-0.15, -0.1) is 0 Å². The second kappa shape index (κ2) is 7.24. The Morgan fingerprint density at radius 3 is 2.80 bits per heavy atom. The number of aromatic nitrogens is 2. The van der Waals surface area contributed by atoms with Gasteiger partial charge in [0.15, 0.2) is 4.77 Å². The molecule has 0 aliphatic heterocycles. The number of carbonyl (C=O) groups is 2. The van der Waals surface area contributed by atoms with E-state index in [1.54, 1.807) is 0 Å². The van der Waals surface area contributed by atoms with Crippen LogP contribution in [-0.2, 0) is 16.0 Å². The molecule has 1 unspecified atom stereocenters. The van der Waals surface area contributed by atoms with Crippen LogP contribution in [0.2, 0.25) is 0 Å². The molecule has 1 amide bonds. The molecule has 1 heterocycles. The Labute approximate surface area is 118 Å². The number of carbonyl (C=O) groups excluding carboxylic acids is 1. The van der Waals surface area contributed by atoms with Crippen LogP contribution >= 0.6 is 12.2 Å². The van der Waals surface area contributed by atoms with E-state index in [0.29, 0.717) is 0 Å². The van der Waals surface area contributed by atoms with Gasteiger partial charge in [-0.1, -0.05) is 12.7 Å². The molecule has 0 spiro atoms. The van der Waals surface area contributed by atoms with Gasteiger partial charge in [0.2, 0.25) is 0 Å². The fourth-order valence-electron chi connectivity index (χ4n) is 1.37. The fourth-order valence-corrected chi connectivity index (χ4v) is 1.60. The second-order valence-corrected chi connectivity index (χ2v) is 4.15. The quantitative estimate of drug-likeness (QED) is 0.443. The minimum atomic E-state index is -1.26. The van der Waals surface area contributed by atoms with Crippen molar-refractivity contribution in [2.45, 2.75) is 12.5 Å². The summed E-state index contributed by atoms with van der Waals surface area (Å²) in [5.74, 6) is -1.26. The van der Waals surface area contributed by atoms with E-state index in [4.69, 9.17) is 17.3 Å². The zero-order valence-corrected chi connectivity index (χ0v) is 11.2. The summed E-state index contributed by atoms with van der Waals surface area (Å²) in [6.45, 7) is 3.32. The molecule has 4 N–H and O–H groups in total. The molecule has 1 aromatic rings. The molecular weight excluding hydrogens is 286 g/mol. The van der Waals surface area contributed by atoms with E-state index in [1.807, 2.05) is 0 Å². The van der Waals surface area contributed by atoms with Gasteiger partial charge in [-0.05, 0) is 12.2 Å². The van der Waals surface area contributed by atoms with Gasteiger partial charge in [-0.3, -0.25) is 9.78 Å². The highest BCUT2D eigenvalue weighted by Crippen LogP contribution is 1.98. The number of alkyl carbamates (subject to hydrolysis) is 1. The van der Waals surface area contributed by atoms with Crippen molar-refractivity contribution in [3.8, 4) is 0 Å². The van der Waals surface area contributed by atoms with E-state index in [0.717, 1.165) is 0 Å². The molecule has 1 atom stereocenters. The Morgan fingerprint density at radius 1 is 1.55 bits per heavy atom. The van der Waals surface area contributed by atoms with Crippen LogP contribution in [-0.4, -0.2) is 39.8 Å². The Hall–Kier alpha value is -2.42. The Bertz CT molecular complexity index is 593. The number of hydrogen-bond donors (Lipinski definition) is 4. The molecule has 1 rings (SSSR count). The van der Waals surface area contributed by atoms with E-state index in [1.165, 1.54) is 12.1 Å². The molecule has 0 aliphatic carbocycles. The normalized spacial score (nSPS) is 11.4. The van der Waals surface area contributed by atoms with Gasteiger partial charge in [0.25, 0.3) is 5.56 Å². The fraction of sp³-hybridized carbons (Fsp3) is 0.273. The predicted octanol–water partition coefficient (Wildman–Crippen LogP) is 0.340. The third-order valence-corrected chi connectivity index (χ3v) is 2.37. The first-order chi connectivity index (χ1) is 9.42. The number of rotatable bonds is 6. The first kappa shape index (κ1) is 15.6. The third kappa shape index (κ3) is 5.06. The van der Waals surface area contributed by atoms with Crippen LogP contribution in [0, 0.1) is 4.77 Å². The van der Waals surface area contributed by atoms with Crippen LogP contribution in [0.4, 0.5) is 4.79 Å². The van der Waals surface area contributed by atoms with Crippen molar-refractivity contribution in [3.63, 3.8) is 0 Å². The van der Waals surface area contributed by atoms with Crippen molar-refractivity contribution in [1.82, 2.24) is 15.3 Å². The molecule has 20 heavy (non-hydrogen) atoms. The van der Waals surface area contributed by atoms with Gasteiger partial charge in [-0.2, -0.15) is 0 Å². The number of amides is 1. The zero-order chi connectivity index (χ0) is 15.1. The summed E-state index contributed by atoms with van der Waals surface area (Å²) in [4.78, 5) is 38.5. The van der Waals surface area contributed by atoms with Gasteiger partial charge >= 0.3 is 12.1 Å². The SMILES string of the molecule is C=CCOC(=O)NC(Cc1cc(=O)[nH]c(=S)[nH]1)C(=O)O. The van der Waals surface area contributed by atoms with Crippen molar-refractivity contribution >= 4 is 24.3 Å². The zero-order valence-electron chi connectivity index (χ0n) is 10.3. The lowest BCUT2D eigenvalue weighted by atomic mass is 10.1. The summed E-state index contributed by atoms with van der Waals surface area (Å²) in [6.07, 6.45) is 0.329. The van der Waals surface area contributed by atoms with Gasteiger partial charge in [0, 0.05) is 18.2 Å². The van der Waals surface area contributed by atoms with Gasteiger partial charge in [-0.25, -0.2) is 9.59 Å². The molecule has 9 heteroatoms. The lowest BCUT2D eigenvalue weighted by Gasteiger charge is -2.13. The Balaban J connectivity index is 2.79. The number of carboxylic acid groups (broad SMARTS) is 1. The average Bonchev–Trinajstić information content (AvgIpc) is 2.34. The van der Waals surface area contributed by atoms with Crippen molar-refractivity contribution < 1.29 is 19.4 Å². The Morgan fingerprint density at radius 2 is 2.25 bits per heavy atom. The molecule has 0 aromatic carbocycles. The molecule has 8 nitrogen and oxygen atoms in total. The lowest BCUT2D eigenvalue weighted by molar-refractivity contribution is -0.139. The number of H-pyrrole nitrogens is 2. The topological polar surface area (TPSA) is 124 Å². The van der Waals surface area contributed by atoms with Crippen LogP contribution in [0.3, 0.4) is 0 Å². The van der Waals surface area contributed by atoms with E-state index < -0.39 is 23.7 Å². The Kier molecular flexibility index (Phi) is 5.66. The standard InChI is InChI=1S/C11H13N3O5S/c1-2-3-19-11(18)13-7(9(16)17)4-6-5-8(15)14-10(20)12-6/h2,5,7H,1,3-4H2,(H,13,18)(H,16,17)(H2,12,14,15,20). The van der Waals surface area contributed by atoms with Crippen molar-refractivity contribution in [2.24, 2.45) is 0 Å². The number of nitrogens with one attached hydrogen (secondary N) is 3. The molecular formula is C11H13N3O5S. The first-order valence-corrected chi connectivity index (χ1v) is 5.92. The molecule has 0 saturated carbocycles. The smallest absolute Gasteiger partial charge is 0.408 e. The summed E-state index contributed by atoms with van der Waals surface area (Å²) in [5.41, 5.74) is -0.169. The minimum Gasteiger partial charge on any atom is -0.480 e. The lowest BCUT2D eigenvalue weighted by Crippen LogP contribution is -2.43. The highest BCUT2D eigenvalue weighted by molar-refractivity contribution is 7.71. The van der Waals surface area contributed by atoms with Gasteiger partial charge in [0.1, 0.15) is 12.6 Å². The average molecular weight is 299 g/mol. The maximum atomic E-state index is 11.3. The maximum Gasteiger partial charge on any atom is 0.408 e. The molecule has 0 bridgehead atoms. The van der Waals surface area contributed by atoms with Crippen LogP contribution < -0.4 is 10.9 Å². The van der Waals surface area contributed by atoms with E-state index in [2.05, 4.69) is 26.6 Å². The summed E-state index contributed by atoms with van der Waals surface area (Å²) >= 11 is 4.77. The van der Waals surface area contributed by atoms with E-state index >= 15 is 0 Å². The summed E-state index contributed by atoms with van der Waals surface area (Å²) in [6, 6.07) is -0.0811. The van der Waals surface area contributed by atoms with Crippen LogP contribution in [0.1, 0.15) is 5.69 Å². The summed E-state index contributed by atoms with van der Waals surface area (Å²) < 4.78 is 4.70. The summed E-state index contributed by atoms with van der Waals surface area (Å²) in [7, 11) is 0. The monoisotopic (exact) mass is 299 g/mol. The number of aliphatic carboxylic acids is 1. The molecule has 1 aromatic heterocycles. The number of aromatic amines is 2. The van der Waals surface area contributed by atoms with E-state index in [-0.39, 0.29) is 23.5 Å². The number of carboxylic acids is 1. The van der Waals surface area contributed by atoms with E-state index in [9.17, 15) is 14.4 Å². The number of hydrogen-bond acceptors (Lipinski definition) is 5.